The zero-order chi connectivity index (χ0) is 24.4. The van der Waals surface area contributed by atoms with E-state index in [1.54, 1.807) is 6.07 Å². The fraction of sp³-hybridized carbons (Fsp3) is 0.400. The van der Waals surface area contributed by atoms with Crippen molar-refractivity contribution in [3.63, 3.8) is 0 Å². The molecule has 0 aliphatic heterocycles. The van der Waals surface area contributed by atoms with Gasteiger partial charge in [0.15, 0.2) is 0 Å². The summed E-state index contributed by atoms with van der Waals surface area (Å²) in [5.74, 6) is 0.158. The van der Waals surface area contributed by atoms with E-state index in [0.29, 0.717) is 24.5 Å². The first-order valence-corrected chi connectivity index (χ1v) is 9.97. The number of carbonyl (C=O) groups is 2. The van der Waals surface area contributed by atoms with E-state index in [9.17, 15) is 22.8 Å². The molecule has 0 radical (unpaired) electrons. The van der Waals surface area contributed by atoms with Crippen molar-refractivity contribution in [1.82, 2.24) is 15.3 Å². The first-order chi connectivity index (χ1) is 15.6. The van der Waals surface area contributed by atoms with Gasteiger partial charge in [0.05, 0.1) is 12.3 Å². The van der Waals surface area contributed by atoms with Crippen LogP contribution in [0.4, 0.5) is 40.2 Å². The van der Waals surface area contributed by atoms with E-state index in [4.69, 9.17) is 4.74 Å². The van der Waals surface area contributed by atoms with Crippen molar-refractivity contribution in [3.05, 3.63) is 36.0 Å². The van der Waals surface area contributed by atoms with E-state index < -0.39 is 24.2 Å². The number of halogens is 3. The highest BCUT2D eigenvalue weighted by molar-refractivity contribution is 5.98. The van der Waals surface area contributed by atoms with Crippen molar-refractivity contribution in [3.8, 4) is 5.75 Å². The Morgan fingerprint density at radius 2 is 1.79 bits per heavy atom. The van der Waals surface area contributed by atoms with Gasteiger partial charge in [-0.1, -0.05) is 13.8 Å². The highest BCUT2D eigenvalue weighted by Gasteiger charge is 2.31. The second-order valence-electron chi connectivity index (χ2n) is 6.97. The predicted molar refractivity (Wildman–Crippen MR) is 115 cm³/mol. The third-order valence-corrected chi connectivity index (χ3v) is 3.97. The molecule has 1 aromatic heterocycles. The molecule has 0 saturated heterocycles. The number of rotatable bonds is 9. The van der Waals surface area contributed by atoms with Crippen LogP contribution in [0, 0.1) is 0 Å². The molecule has 3 amide bonds. The third-order valence-electron chi connectivity index (χ3n) is 3.97. The zero-order valence-electron chi connectivity index (χ0n) is 18.2. The van der Waals surface area contributed by atoms with Crippen LogP contribution in [0.15, 0.2) is 30.3 Å². The summed E-state index contributed by atoms with van der Waals surface area (Å²) in [7, 11) is 1.47. The van der Waals surface area contributed by atoms with Crippen LogP contribution in [-0.4, -0.2) is 48.7 Å². The molecule has 2 rings (SSSR count). The Morgan fingerprint density at radius 1 is 1.09 bits per heavy atom. The Balaban J connectivity index is 1.96. The minimum absolute atomic E-state index is 0.0415. The van der Waals surface area contributed by atoms with E-state index >= 15 is 0 Å². The maximum Gasteiger partial charge on any atom is 0.573 e. The Hall–Kier alpha value is -3.77. The van der Waals surface area contributed by atoms with Crippen molar-refractivity contribution in [2.24, 2.45) is 0 Å². The van der Waals surface area contributed by atoms with Crippen molar-refractivity contribution in [1.29, 1.82) is 0 Å². The molecule has 0 fully saturated rings. The van der Waals surface area contributed by atoms with Gasteiger partial charge in [-0.3, -0.25) is 5.32 Å². The van der Waals surface area contributed by atoms with Crippen molar-refractivity contribution >= 4 is 29.6 Å². The Bertz CT molecular complexity index is 938. The van der Waals surface area contributed by atoms with Crippen LogP contribution in [-0.2, 0) is 4.74 Å². The normalized spacial score (nSPS) is 11.0. The number of benzene rings is 1. The Kier molecular flexibility index (Phi) is 9.07. The van der Waals surface area contributed by atoms with Gasteiger partial charge in [-0.2, -0.15) is 4.98 Å². The minimum atomic E-state index is -4.80. The average Bonchev–Trinajstić information content (AvgIpc) is 2.73. The van der Waals surface area contributed by atoms with Gasteiger partial charge in [0.2, 0.25) is 5.95 Å². The maximum absolute atomic E-state index is 12.3. The van der Waals surface area contributed by atoms with Gasteiger partial charge in [0.1, 0.15) is 11.6 Å². The van der Waals surface area contributed by atoms with Crippen molar-refractivity contribution in [2.75, 3.05) is 36.1 Å². The van der Waals surface area contributed by atoms with E-state index in [2.05, 4.69) is 36.0 Å². The molecule has 180 valence electrons. The smallest absolute Gasteiger partial charge is 0.450 e. The van der Waals surface area contributed by atoms with Gasteiger partial charge in [-0.25, -0.2) is 14.6 Å². The topological polar surface area (TPSA) is 126 Å². The molecule has 0 spiro atoms. The predicted octanol–water partition coefficient (Wildman–Crippen LogP) is 4.30. The summed E-state index contributed by atoms with van der Waals surface area (Å²) in [4.78, 5) is 31.9. The molecule has 0 unspecified atom stereocenters. The van der Waals surface area contributed by atoms with E-state index in [1.165, 1.54) is 19.2 Å². The van der Waals surface area contributed by atoms with Crippen LogP contribution >= 0.6 is 0 Å². The minimum Gasteiger partial charge on any atom is -0.450 e. The lowest BCUT2D eigenvalue weighted by atomic mass is 10.1. The van der Waals surface area contributed by atoms with Crippen molar-refractivity contribution in [2.45, 2.75) is 32.5 Å². The molecular formula is C20H25F3N6O4. The van der Waals surface area contributed by atoms with Crippen molar-refractivity contribution < 1.29 is 32.2 Å². The summed E-state index contributed by atoms with van der Waals surface area (Å²) >= 11 is 0. The zero-order valence-corrected chi connectivity index (χ0v) is 18.2. The molecule has 0 aliphatic rings. The van der Waals surface area contributed by atoms with E-state index in [-0.39, 0.29) is 24.2 Å². The molecule has 0 saturated carbocycles. The highest BCUT2D eigenvalue weighted by Crippen LogP contribution is 2.24. The molecule has 4 N–H and O–H groups in total. The molecule has 0 aliphatic carbocycles. The molecule has 1 heterocycles. The lowest BCUT2D eigenvalue weighted by Crippen LogP contribution is -2.22. The first kappa shape index (κ1) is 25.5. The van der Waals surface area contributed by atoms with Gasteiger partial charge < -0.3 is 25.4 Å². The SMILES string of the molecule is CNC(=O)OCCCNc1cc(C(C)C)nc(NC(=O)Nc2ccc(OC(F)(F)F)cc2)n1. The van der Waals surface area contributed by atoms with Crippen LogP contribution in [0.1, 0.15) is 31.9 Å². The van der Waals surface area contributed by atoms with Crippen LogP contribution in [0.2, 0.25) is 0 Å². The summed E-state index contributed by atoms with van der Waals surface area (Å²) in [6, 6.07) is 5.75. The van der Waals surface area contributed by atoms with Crippen LogP contribution < -0.4 is 26.0 Å². The quantitative estimate of drug-likeness (QED) is 0.403. The molecule has 0 atom stereocenters. The number of hydrogen-bond acceptors (Lipinski definition) is 7. The fourth-order valence-electron chi connectivity index (χ4n) is 2.44. The summed E-state index contributed by atoms with van der Waals surface area (Å²) in [5, 5.41) is 10.4. The number of alkyl halides is 3. The lowest BCUT2D eigenvalue weighted by Gasteiger charge is -2.13. The number of aromatic nitrogens is 2. The molecule has 10 nitrogen and oxygen atoms in total. The monoisotopic (exact) mass is 470 g/mol. The second kappa shape index (κ2) is 11.7. The van der Waals surface area contributed by atoms with Crippen LogP contribution in [0.3, 0.4) is 0 Å². The summed E-state index contributed by atoms with van der Waals surface area (Å²) in [5.41, 5.74) is 0.926. The summed E-state index contributed by atoms with van der Waals surface area (Å²) in [6.45, 7) is 4.54. The van der Waals surface area contributed by atoms with Gasteiger partial charge in [-0.15, -0.1) is 13.2 Å². The standard InChI is InChI=1S/C20H25F3N6O4/c1-12(2)15-11-16(25-9-4-10-32-19(31)24-3)28-17(27-15)29-18(30)26-13-5-7-14(8-6-13)33-20(21,22)23/h5-8,11-12H,4,9-10H2,1-3H3,(H,24,31)(H3,25,26,27,28,29,30). The molecule has 1 aromatic carbocycles. The third kappa shape index (κ3) is 9.49. The number of carbonyl (C=O) groups excluding carboxylic acids is 2. The number of alkyl carbamates (subject to hydrolysis) is 1. The van der Waals surface area contributed by atoms with Gasteiger partial charge >= 0.3 is 18.5 Å². The van der Waals surface area contributed by atoms with E-state index in [0.717, 1.165) is 12.1 Å². The maximum atomic E-state index is 12.3. The average molecular weight is 470 g/mol. The van der Waals surface area contributed by atoms with E-state index in [1.807, 2.05) is 13.8 Å². The number of amides is 3. The molecule has 13 heteroatoms. The number of nitrogens with zero attached hydrogens (tertiary/aromatic N) is 2. The number of hydrogen-bond donors (Lipinski definition) is 4. The molecular weight excluding hydrogens is 445 g/mol. The second-order valence-corrected chi connectivity index (χ2v) is 6.97. The number of urea groups is 1. The number of nitrogens with one attached hydrogen (secondary N) is 4. The number of anilines is 3. The van der Waals surface area contributed by atoms with Gasteiger partial charge in [0, 0.05) is 25.3 Å². The molecule has 0 bridgehead atoms. The first-order valence-electron chi connectivity index (χ1n) is 9.97. The molecule has 2 aromatic rings. The van der Waals surface area contributed by atoms with Gasteiger partial charge in [-0.05, 0) is 36.6 Å². The van der Waals surface area contributed by atoms with Gasteiger partial charge in [0.25, 0.3) is 0 Å². The summed E-state index contributed by atoms with van der Waals surface area (Å²) < 4.78 is 45.4. The number of ether oxygens (including phenoxy) is 2. The van der Waals surface area contributed by atoms with Crippen LogP contribution in [0.5, 0.6) is 5.75 Å². The largest absolute Gasteiger partial charge is 0.573 e. The Morgan fingerprint density at radius 3 is 2.39 bits per heavy atom. The van der Waals surface area contributed by atoms with Crippen LogP contribution in [0.25, 0.3) is 0 Å². The Labute approximate surface area is 188 Å². The highest BCUT2D eigenvalue weighted by atomic mass is 19.4. The summed E-state index contributed by atoms with van der Waals surface area (Å²) in [6.07, 6.45) is -4.78. The molecule has 33 heavy (non-hydrogen) atoms. The lowest BCUT2D eigenvalue weighted by molar-refractivity contribution is -0.274. The fourth-order valence-corrected chi connectivity index (χ4v) is 2.44.